The molecule has 3 atom stereocenters. The molecule has 0 fully saturated rings. The molecule has 2 aromatic carbocycles. The fraction of sp³-hybridized carbons (Fsp3) is 0.533. The van der Waals surface area contributed by atoms with E-state index in [2.05, 4.69) is 26.7 Å². The highest BCUT2D eigenvalue weighted by atomic mass is 16.7. The van der Waals surface area contributed by atoms with Crippen molar-refractivity contribution in [1.82, 2.24) is 26.7 Å². The van der Waals surface area contributed by atoms with Crippen molar-refractivity contribution >= 4 is 34.7 Å². The molecule has 13 nitrogen and oxygen atoms in total. The summed E-state index contributed by atoms with van der Waals surface area (Å²) < 4.78 is 11.8. The van der Waals surface area contributed by atoms with Crippen molar-refractivity contribution in [2.45, 2.75) is 65.3 Å². The standard InChI is InChI=1S/C30H45N5O8/c1-5-31-29(38)35-43-19-25(36)33-24(17-10-11-18-32-30(39)40)27(37)34-26(20(4)28(41-6-2)42-7-3)23-16-12-14-21-13-8-9-15-22(21)23/h8-9,12-16,20,24,26,28,32H,5-7,10-11,17-19H2,1-4H3,(H,33,36)(H,34,37)(H,39,40)(H2,31,35,38)/t20-,24-,26?/m0/s1. The van der Waals surface area contributed by atoms with E-state index in [0.717, 1.165) is 16.3 Å². The molecule has 43 heavy (non-hydrogen) atoms. The predicted molar refractivity (Wildman–Crippen MR) is 161 cm³/mol. The van der Waals surface area contributed by atoms with Crippen molar-refractivity contribution < 1.29 is 38.6 Å². The third kappa shape index (κ3) is 12.1. The monoisotopic (exact) mass is 603 g/mol. The topological polar surface area (TPSA) is 176 Å². The molecule has 6 N–H and O–H groups in total. The number of carbonyl (C=O) groups is 4. The minimum Gasteiger partial charge on any atom is -0.465 e. The second-order valence-electron chi connectivity index (χ2n) is 9.79. The SMILES string of the molecule is CCNC(=O)NOCC(=O)N[C@@H](CCCCNC(=O)O)C(=O)NC(c1cccc2ccccc12)[C@H](C)C(OCC)OCC. The molecular weight excluding hydrogens is 558 g/mol. The van der Waals surface area contributed by atoms with Gasteiger partial charge in [-0.2, -0.15) is 0 Å². The molecule has 0 aliphatic heterocycles. The average molecular weight is 604 g/mol. The van der Waals surface area contributed by atoms with Crippen LogP contribution in [0.1, 0.15) is 58.6 Å². The summed E-state index contributed by atoms with van der Waals surface area (Å²) in [5.41, 5.74) is 2.98. The number of amides is 5. The third-order valence-electron chi connectivity index (χ3n) is 6.63. The van der Waals surface area contributed by atoms with Crippen molar-refractivity contribution in [1.29, 1.82) is 0 Å². The number of ether oxygens (including phenoxy) is 2. The van der Waals surface area contributed by atoms with E-state index in [9.17, 15) is 19.2 Å². The van der Waals surface area contributed by atoms with Gasteiger partial charge >= 0.3 is 12.1 Å². The summed E-state index contributed by atoms with van der Waals surface area (Å²) in [6, 6.07) is 11.6. The highest BCUT2D eigenvalue weighted by molar-refractivity contribution is 5.90. The Bertz CT molecular complexity index is 1170. The van der Waals surface area contributed by atoms with Crippen molar-refractivity contribution in [2.24, 2.45) is 5.92 Å². The smallest absolute Gasteiger partial charge is 0.404 e. The van der Waals surface area contributed by atoms with Gasteiger partial charge in [-0.25, -0.2) is 15.1 Å². The van der Waals surface area contributed by atoms with Gasteiger partial charge in [0.1, 0.15) is 6.04 Å². The summed E-state index contributed by atoms with van der Waals surface area (Å²) >= 11 is 0. The minimum absolute atomic E-state index is 0.206. The Morgan fingerprint density at radius 2 is 1.58 bits per heavy atom. The first-order valence-electron chi connectivity index (χ1n) is 14.6. The molecule has 2 aromatic rings. The normalized spacial score (nSPS) is 13.1. The van der Waals surface area contributed by atoms with Crippen LogP contribution in [-0.4, -0.2) is 74.3 Å². The number of benzene rings is 2. The van der Waals surface area contributed by atoms with E-state index in [0.29, 0.717) is 32.6 Å². The van der Waals surface area contributed by atoms with Gasteiger partial charge in [-0.3, -0.25) is 14.4 Å². The van der Waals surface area contributed by atoms with Crippen LogP contribution in [0.5, 0.6) is 0 Å². The van der Waals surface area contributed by atoms with Crippen LogP contribution in [0.25, 0.3) is 10.8 Å². The Kier molecular flexibility index (Phi) is 15.8. The molecule has 0 aliphatic rings. The van der Waals surface area contributed by atoms with Crippen LogP contribution in [0.3, 0.4) is 0 Å². The molecule has 13 heteroatoms. The second kappa shape index (κ2) is 19.3. The molecule has 238 valence electrons. The van der Waals surface area contributed by atoms with Gasteiger partial charge in [0.15, 0.2) is 12.9 Å². The van der Waals surface area contributed by atoms with Crippen LogP contribution < -0.4 is 26.7 Å². The first-order chi connectivity index (χ1) is 20.7. The van der Waals surface area contributed by atoms with E-state index in [4.69, 9.17) is 19.4 Å². The molecule has 5 amide bonds. The highest BCUT2D eigenvalue weighted by Crippen LogP contribution is 2.32. The molecule has 1 unspecified atom stereocenters. The number of carbonyl (C=O) groups excluding carboxylic acids is 3. The molecule has 0 bridgehead atoms. The van der Waals surface area contributed by atoms with Crippen molar-refractivity contribution in [3.05, 3.63) is 48.0 Å². The molecular formula is C30H45N5O8. The zero-order valence-electron chi connectivity index (χ0n) is 25.3. The van der Waals surface area contributed by atoms with E-state index >= 15 is 0 Å². The van der Waals surface area contributed by atoms with Gasteiger partial charge in [0.25, 0.3) is 0 Å². The Morgan fingerprint density at radius 3 is 2.26 bits per heavy atom. The number of hydrogen-bond donors (Lipinski definition) is 6. The number of urea groups is 1. The average Bonchev–Trinajstić information content (AvgIpc) is 2.98. The van der Waals surface area contributed by atoms with Gasteiger partial charge < -0.3 is 35.8 Å². The number of fused-ring (bicyclic) bond motifs is 1. The first kappa shape index (κ1) is 35.3. The molecule has 0 aliphatic carbocycles. The lowest BCUT2D eigenvalue weighted by Crippen LogP contribution is -2.51. The number of nitrogens with one attached hydrogen (secondary N) is 5. The fourth-order valence-electron chi connectivity index (χ4n) is 4.64. The number of hydrogen-bond acceptors (Lipinski definition) is 7. The van der Waals surface area contributed by atoms with Crippen LogP contribution in [0.2, 0.25) is 0 Å². The largest absolute Gasteiger partial charge is 0.465 e. The van der Waals surface area contributed by atoms with E-state index < -0.39 is 48.9 Å². The van der Waals surface area contributed by atoms with Gasteiger partial charge in [0.2, 0.25) is 11.8 Å². The molecule has 0 radical (unpaired) electrons. The van der Waals surface area contributed by atoms with E-state index in [1.54, 1.807) is 6.92 Å². The lowest BCUT2D eigenvalue weighted by molar-refractivity contribution is -0.170. The van der Waals surface area contributed by atoms with Crippen molar-refractivity contribution in [3.8, 4) is 0 Å². The first-order valence-corrected chi connectivity index (χ1v) is 14.6. The maximum atomic E-state index is 13.8. The van der Waals surface area contributed by atoms with Crippen LogP contribution in [-0.2, 0) is 23.9 Å². The summed E-state index contributed by atoms with van der Waals surface area (Å²) in [5.74, 6) is -1.37. The lowest BCUT2D eigenvalue weighted by Gasteiger charge is -2.33. The van der Waals surface area contributed by atoms with Gasteiger partial charge in [-0.15, -0.1) is 0 Å². The number of carboxylic acid groups (broad SMARTS) is 1. The molecule has 0 spiro atoms. The quantitative estimate of drug-likeness (QED) is 0.0806. The predicted octanol–water partition coefficient (Wildman–Crippen LogP) is 3.21. The van der Waals surface area contributed by atoms with Crippen molar-refractivity contribution in [3.63, 3.8) is 0 Å². The molecule has 0 saturated heterocycles. The molecule has 0 aromatic heterocycles. The Hall–Kier alpha value is -3.94. The maximum absolute atomic E-state index is 13.8. The van der Waals surface area contributed by atoms with Gasteiger partial charge in [0.05, 0.1) is 6.04 Å². The second-order valence-corrected chi connectivity index (χ2v) is 9.79. The van der Waals surface area contributed by atoms with E-state index in [1.807, 2.05) is 63.2 Å². The lowest BCUT2D eigenvalue weighted by atomic mass is 9.89. The Labute approximate surface area is 252 Å². The van der Waals surface area contributed by atoms with Gasteiger partial charge in [-0.05, 0) is 56.4 Å². The fourth-order valence-corrected chi connectivity index (χ4v) is 4.64. The van der Waals surface area contributed by atoms with Crippen LogP contribution >= 0.6 is 0 Å². The van der Waals surface area contributed by atoms with Gasteiger partial charge in [-0.1, -0.05) is 49.4 Å². The molecule has 0 saturated carbocycles. The summed E-state index contributed by atoms with van der Waals surface area (Å²) in [7, 11) is 0. The van der Waals surface area contributed by atoms with E-state index in [1.165, 1.54) is 0 Å². The molecule has 0 heterocycles. The van der Waals surface area contributed by atoms with Crippen molar-refractivity contribution in [2.75, 3.05) is 32.9 Å². The van der Waals surface area contributed by atoms with Crippen LogP contribution in [0, 0.1) is 5.92 Å². The summed E-state index contributed by atoms with van der Waals surface area (Å²) in [6.07, 6.45) is -0.598. The summed E-state index contributed by atoms with van der Waals surface area (Å²) in [4.78, 5) is 53.9. The third-order valence-corrected chi connectivity index (χ3v) is 6.63. The summed E-state index contributed by atoms with van der Waals surface area (Å²) in [6.45, 7) is 8.32. The minimum atomic E-state index is -1.13. The number of hydroxylamine groups is 1. The highest BCUT2D eigenvalue weighted by Gasteiger charge is 2.32. The Morgan fingerprint density at radius 1 is 0.884 bits per heavy atom. The summed E-state index contributed by atoms with van der Waals surface area (Å²) in [5, 5.41) is 21.4. The number of rotatable bonds is 19. The van der Waals surface area contributed by atoms with Crippen LogP contribution in [0.4, 0.5) is 9.59 Å². The zero-order chi connectivity index (χ0) is 31.6. The Balaban J connectivity index is 2.31. The van der Waals surface area contributed by atoms with Crippen LogP contribution in [0.15, 0.2) is 42.5 Å². The number of unbranched alkanes of at least 4 members (excludes halogenated alkanes) is 1. The molecule has 2 rings (SSSR count). The van der Waals surface area contributed by atoms with E-state index in [-0.39, 0.29) is 18.9 Å². The maximum Gasteiger partial charge on any atom is 0.404 e. The van der Waals surface area contributed by atoms with Gasteiger partial charge in [0, 0.05) is 32.2 Å². The zero-order valence-corrected chi connectivity index (χ0v) is 25.3.